The molecule has 0 aliphatic rings. The van der Waals surface area contributed by atoms with E-state index in [1.54, 1.807) is 6.92 Å². The van der Waals surface area contributed by atoms with Gasteiger partial charge in [-0.25, -0.2) is 4.79 Å². The normalized spacial score (nSPS) is 13.6. The first-order valence-electron chi connectivity index (χ1n) is 9.32. The first kappa shape index (κ1) is 23.2. The van der Waals surface area contributed by atoms with Crippen LogP contribution >= 0.6 is 0 Å². The van der Waals surface area contributed by atoms with E-state index >= 15 is 0 Å². The summed E-state index contributed by atoms with van der Waals surface area (Å²) in [7, 11) is 0. The minimum atomic E-state index is -4.72. The summed E-state index contributed by atoms with van der Waals surface area (Å²) < 4.78 is 46.6. The van der Waals surface area contributed by atoms with Crippen molar-refractivity contribution in [3.05, 3.63) is 47.3 Å². The number of pyridine rings is 1. The molecule has 0 spiro atoms. The van der Waals surface area contributed by atoms with Crippen LogP contribution < -0.4 is 4.74 Å². The molecule has 2 rings (SSSR count). The highest BCUT2D eigenvalue weighted by atomic mass is 19.4. The third-order valence-electron chi connectivity index (χ3n) is 4.63. The number of ether oxygens (including phenoxy) is 1. The van der Waals surface area contributed by atoms with Crippen LogP contribution in [0.1, 0.15) is 48.8 Å². The number of carboxylic acids is 1. The maximum absolute atomic E-state index is 13.7. The van der Waals surface area contributed by atoms with Crippen molar-refractivity contribution in [2.45, 2.75) is 40.3 Å². The molecule has 0 saturated heterocycles. The number of aromatic nitrogens is 1. The van der Waals surface area contributed by atoms with Gasteiger partial charge in [-0.1, -0.05) is 19.9 Å². The SMILES string of the molecule is Cc1nccc(-c2ccc(OCC(C)(C#N)CC(C)C)c(C(F)(F)F)c2)c1C(=O)O. The molecule has 0 aliphatic heterocycles. The van der Waals surface area contributed by atoms with Crippen LogP contribution in [0, 0.1) is 29.6 Å². The van der Waals surface area contributed by atoms with E-state index in [0.29, 0.717) is 6.42 Å². The Kier molecular flexibility index (Phi) is 6.76. The average Bonchev–Trinajstić information content (AvgIpc) is 2.64. The van der Waals surface area contributed by atoms with Gasteiger partial charge in [0.2, 0.25) is 0 Å². The van der Waals surface area contributed by atoms with Gasteiger partial charge in [-0.05, 0) is 55.5 Å². The molecule has 1 aromatic heterocycles. The molecule has 0 aliphatic carbocycles. The second kappa shape index (κ2) is 8.74. The van der Waals surface area contributed by atoms with Crippen molar-refractivity contribution < 1.29 is 27.8 Å². The predicted octanol–water partition coefficient (Wildman–Crippen LogP) is 5.73. The minimum Gasteiger partial charge on any atom is -0.491 e. The monoisotopic (exact) mass is 420 g/mol. The molecule has 0 radical (unpaired) electrons. The largest absolute Gasteiger partial charge is 0.491 e. The van der Waals surface area contributed by atoms with E-state index in [9.17, 15) is 28.3 Å². The first-order valence-corrected chi connectivity index (χ1v) is 9.32. The predicted molar refractivity (Wildman–Crippen MR) is 105 cm³/mol. The maximum Gasteiger partial charge on any atom is 0.419 e. The molecule has 30 heavy (non-hydrogen) atoms. The highest BCUT2D eigenvalue weighted by molar-refractivity contribution is 5.97. The number of alkyl halides is 3. The van der Waals surface area contributed by atoms with E-state index in [4.69, 9.17) is 4.74 Å². The second-order valence-electron chi connectivity index (χ2n) is 7.89. The van der Waals surface area contributed by atoms with Crippen LogP contribution in [0.3, 0.4) is 0 Å². The molecule has 8 heteroatoms. The van der Waals surface area contributed by atoms with Crippen molar-refractivity contribution in [2.75, 3.05) is 6.61 Å². The Morgan fingerprint density at radius 2 is 1.97 bits per heavy atom. The minimum absolute atomic E-state index is 0.0859. The average molecular weight is 420 g/mol. The molecule has 1 unspecified atom stereocenters. The van der Waals surface area contributed by atoms with Crippen molar-refractivity contribution in [1.29, 1.82) is 5.26 Å². The molecule has 1 atom stereocenters. The Hall–Kier alpha value is -3.08. The molecule has 0 saturated carbocycles. The summed E-state index contributed by atoms with van der Waals surface area (Å²) in [6.07, 6.45) is -2.90. The van der Waals surface area contributed by atoms with E-state index in [1.165, 1.54) is 25.3 Å². The van der Waals surface area contributed by atoms with Crippen molar-refractivity contribution in [1.82, 2.24) is 4.98 Å². The highest BCUT2D eigenvalue weighted by Crippen LogP contribution is 2.40. The summed E-state index contributed by atoms with van der Waals surface area (Å²) in [6.45, 7) is 6.77. The van der Waals surface area contributed by atoms with Gasteiger partial charge >= 0.3 is 12.1 Å². The van der Waals surface area contributed by atoms with E-state index in [-0.39, 0.29) is 34.9 Å². The number of aromatic carboxylic acids is 1. The van der Waals surface area contributed by atoms with E-state index in [0.717, 1.165) is 12.1 Å². The second-order valence-corrected chi connectivity index (χ2v) is 7.89. The van der Waals surface area contributed by atoms with Crippen LogP contribution in [0.5, 0.6) is 5.75 Å². The molecule has 0 fully saturated rings. The molecule has 160 valence electrons. The summed E-state index contributed by atoms with van der Waals surface area (Å²) in [5.41, 5.74) is -1.71. The number of benzene rings is 1. The molecule has 1 heterocycles. The Bertz CT molecular complexity index is 981. The number of hydrogen-bond donors (Lipinski definition) is 1. The molecule has 5 nitrogen and oxygen atoms in total. The number of aryl methyl sites for hydroxylation is 1. The van der Waals surface area contributed by atoms with Crippen LogP contribution in [-0.4, -0.2) is 22.7 Å². The van der Waals surface area contributed by atoms with Crippen molar-refractivity contribution in [2.24, 2.45) is 11.3 Å². The van der Waals surface area contributed by atoms with E-state index < -0.39 is 28.9 Å². The molecule has 0 bridgehead atoms. The van der Waals surface area contributed by atoms with Gasteiger partial charge in [0.05, 0.1) is 28.3 Å². The molecule has 1 aromatic carbocycles. The molecular weight excluding hydrogens is 397 g/mol. The number of halogens is 3. The van der Waals surface area contributed by atoms with Crippen LogP contribution in [-0.2, 0) is 6.18 Å². The highest BCUT2D eigenvalue weighted by Gasteiger charge is 2.36. The quantitative estimate of drug-likeness (QED) is 0.619. The van der Waals surface area contributed by atoms with Gasteiger partial charge in [-0.2, -0.15) is 18.4 Å². The fourth-order valence-electron chi connectivity index (χ4n) is 3.40. The number of carboxylic acid groups (broad SMARTS) is 1. The van der Waals surface area contributed by atoms with Crippen molar-refractivity contribution in [3.8, 4) is 22.9 Å². The molecule has 1 N–H and O–H groups in total. The Balaban J connectivity index is 2.49. The molecular formula is C22H23F3N2O3. The van der Waals surface area contributed by atoms with Crippen LogP contribution in [0.2, 0.25) is 0 Å². The van der Waals surface area contributed by atoms with Gasteiger partial charge in [0.15, 0.2) is 0 Å². The first-order chi connectivity index (χ1) is 13.9. The summed E-state index contributed by atoms with van der Waals surface area (Å²) in [4.78, 5) is 15.5. The van der Waals surface area contributed by atoms with Crippen LogP contribution in [0.15, 0.2) is 30.5 Å². The lowest BCUT2D eigenvalue weighted by molar-refractivity contribution is -0.139. The number of rotatable bonds is 7. The standard InChI is InChI=1S/C22H23F3N2O3/c1-13(2)10-21(4,11-26)12-30-18-6-5-15(9-17(18)22(23,24)25)16-7-8-27-14(3)19(16)20(28)29/h5-9,13H,10,12H2,1-4H3,(H,28,29). The Morgan fingerprint density at radius 3 is 2.50 bits per heavy atom. The van der Waals surface area contributed by atoms with Gasteiger partial charge in [0.1, 0.15) is 12.4 Å². The summed E-state index contributed by atoms with van der Waals surface area (Å²) in [5, 5.41) is 18.9. The smallest absolute Gasteiger partial charge is 0.419 e. The Labute approximate surface area is 173 Å². The lowest BCUT2D eigenvalue weighted by atomic mass is 9.84. The fraction of sp³-hybridized carbons (Fsp3) is 0.409. The third-order valence-corrected chi connectivity index (χ3v) is 4.63. The van der Waals surface area contributed by atoms with Gasteiger partial charge < -0.3 is 9.84 Å². The third kappa shape index (κ3) is 5.29. The van der Waals surface area contributed by atoms with Gasteiger partial charge in [0.25, 0.3) is 0 Å². The van der Waals surface area contributed by atoms with Gasteiger partial charge in [-0.15, -0.1) is 0 Å². The number of nitriles is 1. The summed E-state index contributed by atoms with van der Waals surface area (Å²) >= 11 is 0. The van der Waals surface area contributed by atoms with E-state index in [1.807, 2.05) is 13.8 Å². The van der Waals surface area contributed by atoms with Gasteiger partial charge in [0, 0.05) is 6.20 Å². The van der Waals surface area contributed by atoms with Crippen LogP contribution in [0.25, 0.3) is 11.1 Å². The zero-order valence-corrected chi connectivity index (χ0v) is 17.2. The maximum atomic E-state index is 13.7. The zero-order valence-electron chi connectivity index (χ0n) is 17.2. The van der Waals surface area contributed by atoms with Crippen molar-refractivity contribution >= 4 is 5.97 Å². The number of carbonyl (C=O) groups is 1. The van der Waals surface area contributed by atoms with Crippen LogP contribution in [0.4, 0.5) is 13.2 Å². The lowest BCUT2D eigenvalue weighted by Crippen LogP contribution is -2.26. The topological polar surface area (TPSA) is 83.2 Å². The molecule has 0 amide bonds. The van der Waals surface area contributed by atoms with E-state index in [2.05, 4.69) is 11.1 Å². The lowest BCUT2D eigenvalue weighted by Gasteiger charge is -2.25. The van der Waals surface area contributed by atoms with Gasteiger partial charge in [-0.3, -0.25) is 4.98 Å². The van der Waals surface area contributed by atoms with Crippen molar-refractivity contribution in [3.63, 3.8) is 0 Å². The summed E-state index contributed by atoms with van der Waals surface area (Å²) in [6, 6.07) is 6.88. The number of hydrogen-bond acceptors (Lipinski definition) is 4. The molecule has 2 aromatic rings. The zero-order chi connectivity index (χ0) is 22.7. The fourth-order valence-corrected chi connectivity index (χ4v) is 3.40. The number of nitrogens with zero attached hydrogens (tertiary/aromatic N) is 2. The Morgan fingerprint density at radius 1 is 1.30 bits per heavy atom. The summed E-state index contributed by atoms with van der Waals surface area (Å²) in [5.74, 6) is -1.51.